The average Bonchev–Trinajstić information content (AvgIpc) is 3.20. The predicted molar refractivity (Wildman–Crippen MR) is 143 cm³/mol. The Hall–Kier alpha value is -3.04. The lowest BCUT2D eigenvalue weighted by Gasteiger charge is -2.22. The first-order chi connectivity index (χ1) is 15.8. The highest BCUT2D eigenvalue weighted by atomic mass is 32.1. The minimum Gasteiger partial charge on any atom is -0.261 e. The normalized spacial score (nSPS) is 12.2. The van der Waals surface area contributed by atoms with E-state index in [9.17, 15) is 0 Å². The van der Waals surface area contributed by atoms with Crippen LogP contribution >= 0.6 is 11.3 Å². The highest BCUT2D eigenvalue weighted by Gasteiger charge is 2.19. The summed E-state index contributed by atoms with van der Waals surface area (Å²) in [6, 6.07) is 19.8. The van der Waals surface area contributed by atoms with Crippen LogP contribution in [0.15, 0.2) is 72.4 Å². The second-order valence-electron chi connectivity index (χ2n) is 10.3. The minimum atomic E-state index is 0.0517. The Morgan fingerprint density at radius 1 is 0.879 bits per heavy atom. The topological polar surface area (TPSA) is 25.8 Å². The van der Waals surface area contributed by atoms with E-state index >= 15 is 0 Å². The van der Waals surface area contributed by atoms with Gasteiger partial charge in [-0.1, -0.05) is 58.9 Å². The third-order valence-electron chi connectivity index (χ3n) is 6.17. The molecule has 3 heteroatoms. The summed E-state index contributed by atoms with van der Waals surface area (Å²) < 4.78 is 1.30. The van der Waals surface area contributed by atoms with Crippen molar-refractivity contribution in [2.24, 2.45) is 5.92 Å². The smallest absolute Gasteiger partial charge is 0.0708 e. The molecule has 0 aliphatic carbocycles. The van der Waals surface area contributed by atoms with Crippen LogP contribution in [0.5, 0.6) is 0 Å². The number of hydrogen-bond donors (Lipinski definition) is 0. The first-order valence-electron chi connectivity index (χ1n) is 11.7. The van der Waals surface area contributed by atoms with Crippen LogP contribution < -0.4 is 0 Å². The van der Waals surface area contributed by atoms with Crippen LogP contribution in [-0.2, 0) is 11.8 Å². The quantitative estimate of drug-likeness (QED) is 0.274. The van der Waals surface area contributed by atoms with Crippen molar-refractivity contribution in [2.75, 3.05) is 0 Å². The van der Waals surface area contributed by atoms with Crippen LogP contribution in [-0.4, -0.2) is 9.97 Å². The molecule has 0 saturated carbocycles. The molecule has 0 saturated heterocycles. The van der Waals surface area contributed by atoms with Gasteiger partial charge in [0, 0.05) is 39.3 Å². The van der Waals surface area contributed by atoms with Gasteiger partial charge < -0.3 is 0 Å². The summed E-state index contributed by atoms with van der Waals surface area (Å²) in [6.45, 7) is 11.3. The van der Waals surface area contributed by atoms with E-state index in [-0.39, 0.29) is 5.41 Å². The van der Waals surface area contributed by atoms with Crippen LogP contribution in [0, 0.1) is 5.92 Å². The summed E-state index contributed by atoms with van der Waals surface area (Å²) in [5.74, 6) is 0.608. The zero-order chi connectivity index (χ0) is 23.2. The molecule has 3 heterocycles. The molecule has 0 aliphatic rings. The van der Waals surface area contributed by atoms with E-state index < -0.39 is 0 Å². The summed E-state index contributed by atoms with van der Waals surface area (Å²) in [7, 11) is 0. The Morgan fingerprint density at radius 2 is 1.70 bits per heavy atom. The molecule has 0 spiro atoms. The Balaban J connectivity index is 1.60. The maximum absolute atomic E-state index is 4.76. The maximum atomic E-state index is 4.76. The standard InChI is InChI=1S/C30H30N2S/c1-19(2)12-23-16-29-25(17-32-23)26(18-33-29)21-10-11-31-28(15-21)22-13-20-8-6-7-9-24(20)27(14-22)30(3,4)5/h6-11,13-19H,12H2,1-5H3. The summed E-state index contributed by atoms with van der Waals surface area (Å²) in [6.07, 6.45) is 4.99. The number of thiophene rings is 1. The van der Waals surface area contributed by atoms with E-state index in [1.54, 1.807) is 11.3 Å². The largest absolute Gasteiger partial charge is 0.261 e. The molecule has 0 N–H and O–H groups in total. The second kappa shape index (κ2) is 8.39. The van der Waals surface area contributed by atoms with Crippen molar-refractivity contribution in [1.29, 1.82) is 0 Å². The van der Waals surface area contributed by atoms with Crippen LogP contribution in [0.25, 0.3) is 43.2 Å². The molecular weight excluding hydrogens is 420 g/mol. The fourth-order valence-electron chi connectivity index (χ4n) is 4.55. The molecule has 0 bridgehead atoms. The zero-order valence-electron chi connectivity index (χ0n) is 20.0. The first kappa shape index (κ1) is 21.8. The highest BCUT2D eigenvalue weighted by Crippen LogP contribution is 2.37. The number of benzene rings is 2. The first-order valence-corrected chi connectivity index (χ1v) is 12.5. The van der Waals surface area contributed by atoms with Crippen LogP contribution in [0.3, 0.4) is 0 Å². The number of fused-ring (bicyclic) bond motifs is 2. The Bertz CT molecular complexity index is 1450. The number of hydrogen-bond acceptors (Lipinski definition) is 3. The molecular formula is C30H30N2S. The van der Waals surface area contributed by atoms with Gasteiger partial charge in [0.05, 0.1) is 5.69 Å². The van der Waals surface area contributed by atoms with Crippen molar-refractivity contribution in [3.8, 4) is 22.4 Å². The van der Waals surface area contributed by atoms with Gasteiger partial charge >= 0.3 is 0 Å². The molecule has 2 aromatic carbocycles. The lowest BCUT2D eigenvalue weighted by Crippen LogP contribution is -2.12. The van der Waals surface area contributed by atoms with Crippen molar-refractivity contribution in [1.82, 2.24) is 9.97 Å². The number of pyridine rings is 2. The molecule has 33 heavy (non-hydrogen) atoms. The lowest BCUT2D eigenvalue weighted by molar-refractivity contribution is 0.596. The van der Waals surface area contributed by atoms with E-state index in [4.69, 9.17) is 9.97 Å². The van der Waals surface area contributed by atoms with Crippen LogP contribution in [0.2, 0.25) is 0 Å². The molecule has 5 aromatic rings. The molecule has 0 radical (unpaired) electrons. The van der Waals surface area contributed by atoms with E-state index in [0.29, 0.717) is 5.92 Å². The fraction of sp³-hybridized carbons (Fsp3) is 0.267. The van der Waals surface area contributed by atoms with Gasteiger partial charge in [-0.3, -0.25) is 9.97 Å². The van der Waals surface area contributed by atoms with E-state index in [1.807, 2.05) is 12.4 Å². The number of nitrogens with zero attached hydrogens (tertiary/aromatic N) is 2. The van der Waals surface area contributed by atoms with Crippen molar-refractivity contribution in [2.45, 2.75) is 46.5 Å². The highest BCUT2D eigenvalue weighted by molar-refractivity contribution is 7.17. The SMILES string of the molecule is CC(C)Cc1cc2scc(-c3ccnc(-c4cc(C(C)(C)C)c5ccccc5c4)c3)c2cn1. The molecule has 0 amide bonds. The number of aromatic nitrogens is 2. The fourth-order valence-corrected chi connectivity index (χ4v) is 5.55. The third-order valence-corrected chi connectivity index (χ3v) is 7.12. The van der Waals surface area contributed by atoms with Crippen molar-refractivity contribution < 1.29 is 0 Å². The zero-order valence-corrected chi connectivity index (χ0v) is 20.8. The lowest BCUT2D eigenvalue weighted by atomic mass is 9.82. The summed E-state index contributed by atoms with van der Waals surface area (Å²) in [5, 5.41) is 6.05. The van der Waals surface area contributed by atoms with Gasteiger partial charge in [0.2, 0.25) is 0 Å². The second-order valence-corrected chi connectivity index (χ2v) is 11.3. The molecule has 0 aliphatic heterocycles. The minimum absolute atomic E-state index is 0.0517. The van der Waals surface area contributed by atoms with Gasteiger partial charge in [0.15, 0.2) is 0 Å². The van der Waals surface area contributed by atoms with Gasteiger partial charge in [-0.15, -0.1) is 11.3 Å². The molecule has 0 fully saturated rings. The Morgan fingerprint density at radius 3 is 2.48 bits per heavy atom. The summed E-state index contributed by atoms with van der Waals surface area (Å²) in [5.41, 5.74) is 7.17. The van der Waals surface area contributed by atoms with Crippen molar-refractivity contribution in [3.05, 3.63) is 83.6 Å². The van der Waals surface area contributed by atoms with E-state index in [2.05, 4.69) is 94.6 Å². The number of rotatable bonds is 4. The predicted octanol–water partition coefficient (Wildman–Crippen LogP) is 8.67. The van der Waals surface area contributed by atoms with Gasteiger partial charge in [-0.2, -0.15) is 0 Å². The average molecular weight is 451 g/mol. The van der Waals surface area contributed by atoms with E-state index in [1.165, 1.54) is 43.2 Å². The maximum Gasteiger partial charge on any atom is 0.0708 e. The van der Waals surface area contributed by atoms with Crippen LogP contribution in [0.4, 0.5) is 0 Å². The van der Waals surface area contributed by atoms with Gasteiger partial charge in [-0.25, -0.2) is 0 Å². The van der Waals surface area contributed by atoms with Crippen molar-refractivity contribution in [3.63, 3.8) is 0 Å². The molecule has 5 rings (SSSR count). The van der Waals surface area contributed by atoms with Crippen LogP contribution in [0.1, 0.15) is 45.9 Å². The van der Waals surface area contributed by atoms with Gasteiger partial charge in [0.25, 0.3) is 0 Å². The molecule has 3 aromatic heterocycles. The van der Waals surface area contributed by atoms with E-state index in [0.717, 1.165) is 17.7 Å². The monoisotopic (exact) mass is 450 g/mol. The molecule has 166 valence electrons. The Kier molecular flexibility index (Phi) is 5.54. The molecule has 2 nitrogen and oxygen atoms in total. The Labute approximate surface area is 200 Å². The molecule has 0 unspecified atom stereocenters. The van der Waals surface area contributed by atoms with Gasteiger partial charge in [-0.05, 0) is 75.4 Å². The summed E-state index contributed by atoms with van der Waals surface area (Å²) >= 11 is 1.80. The molecule has 0 atom stereocenters. The third kappa shape index (κ3) is 4.30. The van der Waals surface area contributed by atoms with Crippen molar-refractivity contribution >= 4 is 32.2 Å². The summed E-state index contributed by atoms with van der Waals surface area (Å²) in [4.78, 5) is 9.51. The van der Waals surface area contributed by atoms with Gasteiger partial charge in [0.1, 0.15) is 0 Å².